The molecule has 0 unspecified atom stereocenters. The molecule has 0 spiro atoms. The first-order chi connectivity index (χ1) is 11.1. The van der Waals surface area contributed by atoms with Crippen molar-refractivity contribution in [3.63, 3.8) is 0 Å². The van der Waals surface area contributed by atoms with Crippen LogP contribution in [0.5, 0.6) is 11.5 Å². The first kappa shape index (κ1) is 28.4. The van der Waals surface area contributed by atoms with Gasteiger partial charge in [-0.3, -0.25) is 0 Å². The molecule has 0 fully saturated rings. The van der Waals surface area contributed by atoms with E-state index < -0.39 is 34.6 Å². The third-order valence-electron chi connectivity index (χ3n) is 2.55. The molecule has 2 rings (SSSR count). The zero-order chi connectivity index (χ0) is 18.6. The number of halogens is 4. The van der Waals surface area contributed by atoms with Crippen molar-refractivity contribution < 1.29 is 89.1 Å². The topological polar surface area (TPSA) is 121 Å². The summed E-state index contributed by atoms with van der Waals surface area (Å²) < 4.78 is 0. The number of aromatic carboxylic acids is 2. The minimum absolute atomic E-state index is 0. The average molecular weight is 458 g/mol. The van der Waals surface area contributed by atoms with Crippen molar-refractivity contribution >= 4 is 58.3 Å². The number of benzene rings is 2. The van der Waals surface area contributed by atoms with Gasteiger partial charge < -0.3 is 20.4 Å². The van der Waals surface area contributed by atoms with Crippen molar-refractivity contribution in [1.29, 1.82) is 0 Å². The SMILES string of the molecule is O=C(O)c1c(Cl)ccc(Cl)c1[O-].O=C(O)c1c(Cl)ccc(Cl)c1[O-].[Na+].[Na+]. The second-order valence-corrected chi connectivity index (χ2v) is 5.71. The Labute approximate surface area is 212 Å². The number of carboxylic acid groups (broad SMARTS) is 2. The van der Waals surface area contributed by atoms with E-state index in [9.17, 15) is 19.8 Å². The second kappa shape index (κ2) is 12.6. The Balaban J connectivity index is 0. The molecule has 6 nitrogen and oxygen atoms in total. The molecule has 2 aromatic rings. The fourth-order valence-corrected chi connectivity index (χ4v) is 2.24. The van der Waals surface area contributed by atoms with Crippen LogP contribution < -0.4 is 69.3 Å². The van der Waals surface area contributed by atoms with Crippen molar-refractivity contribution in [2.24, 2.45) is 0 Å². The van der Waals surface area contributed by atoms with Crippen LogP contribution in [0.1, 0.15) is 20.7 Å². The summed E-state index contributed by atoms with van der Waals surface area (Å²) in [6.45, 7) is 0. The Morgan fingerprint density at radius 1 is 0.654 bits per heavy atom. The zero-order valence-electron chi connectivity index (χ0n) is 13.3. The molecule has 0 amide bonds. The number of carbonyl (C=O) groups is 2. The summed E-state index contributed by atoms with van der Waals surface area (Å²) in [4.78, 5) is 20.9. The summed E-state index contributed by atoms with van der Waals surface area (Å²) in [5, 5.41) is 38.6. The van der Waals surface area contributed by atoms with E-state index in [1.165, 1.54) is 24.3 Å². The van der Waals surface area contributed by atoms with E-state index >= 15 is 0 Å². The second-order valence-electron chi connectivity index (χ2n) is 4.08. The molecule has 2 aromatic carbocycles. The van der Waals surface area contributed by atoms with Gasteiger partial charge in [-0.1, -0.05) is 57.9 Å². The molecule has 26 heavy (non-hydrogen) atoms. The van der Waals surface area contributed by atoms with Crippen LogP contribution in [0, 0.1) is 0 Å². The number of carboxylic acids is 2. The summed E-state index contributed by atoms with van der Waals surface area (Å²) in [7, 11) is 0. The number of hydrogen-bond acceptors (Lipinski definition) is 4. The van der Waals surface area contributed by atoms with E-state index in [-0.39, 0.29) is 79.2 Å². The van der Waals surface area contributed by atoms with Crippen LogP contribution in [0.4, 0.5) is 0 Å². The molecule has 2 N–H and O–H groups in total. The van der Waals surface area contributed by atoms with Crippen molar-refractivity contribution in [3.05, 3.63) is 55.5 Å². The van der Waals surface area contributed by atoms with Crippen LogP contribution in [0.2, 0.25) is 20.1 Å². The van der Waals surface area contributed by atoms with E-state index in [1.807, 2.05) is 0 Å². The number of hydrogen-bond donors (Lipinski definition) is 2. The van der Waals surface area contributed by atoms with Crippen molar-refractivity contribution in [2.45, 2.75) is 0 Å². The fraction of sp³-hybridized carbons (Fsp3) is 0. The molecule has 0 bridgehead atoms. The van der Waals surface area contributed by atoms with Crippen LogP contribution in [0.25, 0.3) is 0 Å². The molecule has 0 aliphatic carbocycles. The standard InChI is InChI=1S/2C7H4Cl2O3.2Na/c2*8-3-1-2-4(9)6(10)5(3)7(11)12;;/h2*1-2,10H,(H,11,12);;/q;;2*+1/p-2. The van der Waals surface area contributed by atoms with Crippen LogP contribution >= 0.6 is 46.4 Å². The fourth-order valence-electron chi connectivity index (χ4n) is 1.46. The summed E-state index contributed by atoms with van der Waals surface area (Å²) in [6.07, 6.45) is 0. The molecule has 128 valence electrons. The van der Waals surface area contributed by atoms with Gasteiger partial charge in [-0.15, -0.1) is 0 Å². The third-order valence-corrected chi connectivity index (χ3v) is 3.77. The van der Waals surface area contributed by atoms with E-state index in [1.54, 1.807) is 0 Å². The Bertz CT molecular complexity index is 749. The van der Waals surface area contributed by atoms with Gasteiger partial charge in [0.15, 0.2) is 0 Å². The zero-order valence-corrected chi connectivity index (χ0v) is 20.4. The van der Waals surface area contributed by atoms with Gasteiger partial charge in [0.1, 0.15) is 0 Å². The van der Waals surface area contributed by atoms with Crippen molar-refractivity contribution in [1.82, 2.24) is 0 Å². The van der Waals surface area contributed by atoms with Gasteiger partial charge in [-0.05, 0) is 24.3 Å². The maximum atomic E-state index is 11.0. The van der Waals surface area contributed by atoms with E-state index in [2.05, 4.69) is 0 Å². The molecule has 12 heteroatoms. The van der Waals surface area contributed by atoms with Crippen molar-refractivity contribution in [2.75, 3.05) is 0 Å². The van der Waals surface area contributed by atoms with E-state index in [0.29, 0.717) is 0 Å². The molecular weight excluding hydrogens is 452 g/mol. The Hall–Kier alpha value is 0.140. The minimum Gasteiger partial charge on any atom is -0.871 e. The molecule has 0 aromatic heterocycles. The van der Waals surface area contributed by atoms with Gasteiger partial charge >= 0.3 is 71.1 Å². The van der Waals surface area contributed by atoms with E-state index in [4.69, 9.17) is 56.6 Å². The van der Waals surface area contributed by atoms with Gasteiger partial charge in [-0.25, -0.2) is 9.59 Å². The molecule has 0 aliphatic rings. The summed E-state index contributed by atoms with van der Waals surface area (Å²) in [5.41, 5.74) is -0.965. The molecule has 0 heterocycles. The van der Waals surface area contributed by atoms with Gasteiger partial charge in [0, 0.05) is 10.0 Å². The van der Waals surface area contributed by atoms with Gasteiger partial charge in [0.25, 0.3) is 0 Å². The molecule has 0 saturated heterocycles. The van der Waals surface area contributed by atoms with Crippen LogP contribution in [-0.2, 0) is 0 Å². The smallest absolute Gasteiger partial charge is 0.871 e. The van der Waals surface area contributed by atoms with E-state index in [0.717, 1.165) is 0 Å². The van der Waals surface area contributed by atoms with Crippen LogP contribution in [0.3, 0.4) is 0 Å². The third kappa shape index (κ3) is 7.28. The predicted molar refractivity (Wildman–Crippen MR) is 85.7 cm³/mol. The minimum atomic E-state index is -1.37. The predicted octanol–water partition coefficient (Wildman–Crippen LogP) is -2.46. The molecule has 0 saturated carbocycles. The summed E-state index contributed by atoms with van der Waals surface area (Å²) in [5.74, 6) is -4.24. The van der Waals surface area contributed by atoms with Gasteiger partial charge in [0.2, 0.25) is 0 Å². The Kier molecular flexibility index (Phi) is 13.7. The molecule has 0 aliphatic heterocycles. The van der Waals surface area contributed by atoms with Crippen LogP contribution in [-0.4, -0.2) is 22.2 Å². The van der Waals surface area contributed by atoms with Gasteiger partial charge in [0.05, 0.1) is 21.2 Å². The molecule has 0 radical (unpaired) electrons. The normalized spacial score (nSPS) is 9.08. The average Bonchev–Trinajstić information content (AvgIpc) is 2.48. The largest absolute Gasteiger partial charge is 1.00 e. The first-order valence-electron chi connectivity index (χ1n) is 5.84. The first-order valence-corrected chi connectivity index (χ1v) is 7.35. The monoisotopic (exact) mass is 456 g/mol. The van der Waals surface area contributed by atoms with Gasteiger partial charge in [-0.2, -0.15) is 0 Å². The maximum absolute atomic E-state index is 11.0. The van der Waals surface area contributed by atoms with Crippen LogP contribution in [0.15, 0.2) is 24.3 Å². The van der Waals surface area contributed by atoms with Crippen molar-refractivity contribution in [3.8, 4) is 11.5 Å². The maximum Gasteiger partial charge on any atom is 1.00 e. The molecule has 0 atom stereocenters. The quantitative estimate of drug-likeness (QED) is 0.482. The Morgan fingerprint density at radius 3 is 1.08 bits per heavy atom. The number of rotatable bonds is 2. The summed E-state index contributed by atoms with van der Waals surface area (Å²) >= 11 is 21.7. The Morgan fingerprint density at radius 2 is 0.885 bits per heavy atom. The molecular formula is C14H6Cl4Na2O6. The summed E-state index contributed by atoms with van der Waals surface area (Å²) in [6, 6.07) is 5.07.